The molecule has 0 aliphatic carbocycles. The Bertz CT molecular complexity index is 246. The van der Waals surface area contributed by atoms with Gasteiger partial charge in [-0.2, -0.15) is 0 Å². The van der Waals surface area contributed by atoms with Crippen LogP contribution in [-0.4, -0.2) is 47.5 Å². The van der Waals surface area contributed by atoms with Crippen LogP contribution in [0.4, 0.5) is 0 Å². The van der Waals surface area contributed by atoms with Crippen LogP contribution in [0.15, 0.2) is 0 Å². The number of amides is 1. The van der Waals surface area contributed by atoms with Crippen LogP contribution in [0.5, 0.6) is 0 Å². The van der Waals surface area contributed by atoms with Crippen LogP contribution >= 0.6 is 0 Å². The molecule has 1 aliphatic heterocycles. The first-order valence-electron chi connectivity index (χ1n) is 6.34. The van der Waals surface area contributed by atoms with Gasteiger partial charge in [-0.1, -0.05) is 6.92 Å². The monoisotopic (exact) mass is 244 g/mol. The maximum atomic E-state index is 12.1. The second-order valence-corrected chi connectivity index (χ2v) is 5.02. The van der Waals surface area contributed by atoms with Crippen molar-refractivity contribution in [3.05, 3.63) is 0 Å². The molecule has 17 heavy (non-hydrogen) atoms. The minimum absolute atomic E-state index is 0.0183. The molecule has 0 aromatic rings. The molecule has 1 rings (SSSR count). The van der Waals surface area contributed by atoms with Gasteiger partial charge in [0.2, 0.25) is 5.91 Å². The topological polar surface area (TPSA) is 81.6 Å². The molecule has 0 radical (unpaired) electrons. The minimum Gasteiger partial charge on any atom is -0.394 e. The van der Waals surface area contributed by atoms with Gasteiger partial charge in [0.05, 0.1) is 18.8 Å². The molecule has 1 amide bonds. The van der Waals surface area contributed by atoms with Gasteiger partial charge in [0.25, 0.3) is 0 Å². The second-order valence-electron chi connectivity index (χ2n) is 5.02. The van der Waals surface area contributed by atoms with E-state index in [-0.39, 0.29) is 25.0 Å². The SMILES string of the molecule is CCC(CO)(CO)NC(=O)C1CCNC(C)C1. The predicted molar refractivity (Wildman–Crippen MR) is 65.5 cm³/mol. The lowest BCUT2D eigenvalue weighted by atomic mass is 9.90. The molecule has 1 heterocycles. The van der Waals surface area contributed by atoms with E-state index in [1.165, 1.54) is 0 Å². The average Bonchev–Trinajstić information content (AvgIpc) is 2.36. The third-order valence-electron chi connectivity index (χ3n) is 3.66. The van der Waals surface area contributed by atoms with Crippen LogP contribution in [-0.2, 0) is 4.79 Å². The standard InChI is InChI=1S/C12H24N2O3/c1-3-12(7-15,8-16)14-11(17)10-4-5-13-9(2)6-10/h9-10,13,15-16H,3-8H2,1-2H3,(H,14,17). The lowest BCUT2D eigenvalue weighted by molar-refractivity contribution is -0.129. The van der Waals surface area contributed by atoms with Crippen molar-refractivity contribution in [2.24, 2.45) is 5.92 Å². The minimum atomic E-state index is -0.870. The van der Waals surface area contributed by atoms with Crippen molar-refractivity contribution in [2.45, 2.75) is 44.7 Å². The highest BCUT2D eigenvalue weighted by Gasteiger charge is 2.32. The van der Waals surface area contributed by atoms with Crippen LogP contribution in [0.2, 0.25) is 0 Å². The zero-order chi connectivity index (χ0) is 12.9. The van der Waals surface area contributed by atoms with Gasteiger partial charge in [-0.25, -0.2) is 0 Å². The van der Waals surface area contributed by atoms with Crippen LogP contribution in [0.3, 0.4) is 0 Å². The number of hydrogen-bond acceptors (Lipinski definition) is 4. The molecule has 0 aromatic heterocycles. The molecular formula is C12H24N2O3. The van der Waals surface area contributed by atoms with Crippen LogP contribution in [0.1, 0.15) is 33.1 Å². The number of hydrogen-bond donors (Lipinski definition) is 4. The summed E-state index contributed by atoms with van der Waals surface area (Å²) in [4.78, 5) is 12.1. The number of aliphatic hydroxyl groups is 2. The number of rotatable bonds is 5. The van der Waals surface area contributed by atoms with Gasteiger partial charge in [0, 0.05) is 12.0 Å². The summed E-state index contributed by atoms with van der Waals surface area (Å²) in [6.45, 7) is 4.29. The van der Waals surface area contributed by atoms with Gasteiger partial charge in [-0.15, -0.1) is 0 Å². The van der Waals surface area contributed by atoms with Gasteiger partial charge >= 0.3 is 0 Å². The van der Waals surface area contributed by atoms with E-state index in [1.54, 1.807) is 0 Å². The van der Waals surface area contributed by atoms with Gasteiger partial charge < -0.3 is 20.8 Å². The van der Waals surface area contributed by atoms with Crippen molar-refractivity contribution in [3.63, 3.8) is 0 Å². The number of nitrogens with one attached hydrogen (secondary N) is 2. The van der Waals surface area contributed by atoms with Crippen molar-refractivity contribution in [3.8, 4) is 0 Å². The molecule has 0 saturated carbocycles. The summed E-state index contributed by atoms with van der Waals surface area (Å²) in [5.41, 5.74) is -0.870. The third kappa shape index (κ3) is 3.66. The molecule has 100 valence electrons. The molecule has 0 aromatic carbocycles. The second kappa shape index (κ2) is 6.33. The summed E-state index contributed by atoms with van der Waals surface area (Å²) in [6.07, 6.45) is 2.14. The fraction of sp³-hybridized carbons (Fsp3) is 0.917. The lowest BCUT2D eigenvalue weighted by Gasteiger charge is -2.34. The molecule has 1 fully saturated rings. The third-order valence-corrected chi connectivity index (χ3v) is 3.66. The van der Waals surface area contributed by atoms with E-state index < -0.39 is 5.54 Å². The highest BCUT2D eigenvalue weighted by atomic mass is 16.3. The molecule has 0 spiro atoms. The first kappa shape index (κ1) is 14.4. The molecule has 5 heteroatoms. The van der Waals surface area contributed by atoms with Crippen LogP contribution < -0.4 is 10.6 Å². The molecule has 4 N–H and O–H groups in total. The normalized spacial score (nSPS) is 25.6. The van der Waals surface area contributed by atoms with Gasteiger partial charge in [0.15, 0.2) is 0 Å². The van der Waals surface area contributed by atoms with E-state index in [0.29, 0.717) is 12.5 Å². The van der Waals surface area contributed by atoms with Crippen LogP contribution in [0.25, 0.3) is 0 Å². The summed E-state index contributed by atoms with van der Waals surface area (Å²) in [6, 6.07) is 0.346. The van der Waals surface area contributed by atoms with E-state index in [2.05, 4.69) is 17.6 Å². The van der Waals surface area contributed by atoms with E-state index in [9.17, 15) is 15.0 Å². The summed E-state index contributed by atoms with van der Waals surface area (Å²) >= 11 is 0. The van der Waals surface area contributed by atoms with Crippen molar-refractivity contribution in [1.82, 2.24) is 10.6 Å². The zero-order valence-electron chi connectivity index (χ0n) is 10.7. The van der Waals surface area contributed by atoms with Gasteiger partial charge in [-0.3, -0.25) is 4.79 Å². The quantitative estimate of drug-likeness (QED) is 0.531. The van der Waals surface area contributed by atoms with Crippen molar-refractivity contribution in [2.75, 3.05) is 19.8 Å². The summed E-state index contributed by atoms with van der Waals surface area (Å²) < 4.78 is 0. The number of carbonyl (C=O) groups is 1. The summed E-state index contributed by atoms with van der Waals surface area (Å²) in [5.74, 6) is -0.0708. The Morgan fingerprint density at radius 2 is 2.12 bits per heavy atom. The molecule has 1 saturated heterocycles. The van der Waals surface area contributed by atoms with E-state index >= 15 is 0 Å². The Hall–Kier alpha value is -0.650. The van der Waals surface area contributed by atoms with Crippen LogP contribution in [0, 0.1) is 5.92 Å². The predicted octanol–water partition coefficient (Wildman–Crippen LogP) is -0.376. The number of piperidine rings is 1. The van der Waals surface area contributed by atoms with E-state index in [0.717, 1.165) is 19.4 Å². The number of carbonyl (C=O) groups excluding carboxylic acids is 1. The Kier molecular flexibility index (Phi) is 5.36. The Labute approximate surface area is 103 Å². The first-order valence-corrected chi connectivity index (χ1v) is 6.34. The Morgan fingerprint density at radius 3 is 2.59 bits per heavy atom. The summed E-state index contributed by atoms with van der Waals surface area (Å²) in [5, 5.41) is 24.7. The molecule has 0 bridgehead atoms. The fourth-order valence-electron chi connectivity index (χ4n) is 2.17. The maximum Gasteiger partial charge on any atom is 0.223 e. The lowest BCUT2D eigenvalue weighted by Crippen LogP contribution is -2.56. The van der Waals surface area contributed by atoms with Gasteiger partial charge in [-0.05, 0) is 32.7 Å². The highest BCUT2D eigenvalue weighted by molar-refractivity contribution is 5.79. The Balaban J connectivity index is 2.57. The fourth-order valence-corrected chi connectivity index (χ4v) is 2.17. The van der Waals surface area contributed by atoms with Crippen molar-refractivity contribution < 1.29 is 15.0 Å². The molecule has 2 atom stereocenters. The molecule has 5 nitrogen and oxygen atoms in total. The van der Waals surface area contributed by atoms with E-state index in [4.69, 9.17) is 0 Å². The maximum absolute atomic E-state index is 12.1. The molecule has 1 aliphatic rings. The summed E-state index contributed by atoms with van der Waals surface area (Å²) in [7, 11) is 0. The number of aliphatic hydroxyl groups excluding tert-OH is 2. The van der Waals surface area contributed by atoms with Crippen molar-refractivity contribution in [1.29, 1.82) is 0 Å². The molecule has 2 unspecified atom stereocenters. The van der Waals surface area contributed by atoms with E-state index in [1.807, 2.05) is 6.92 Å². The first-order chi connectivity index (χ1) is 8.06. The Morgan fingerprint density at radius 1 is 1.47 bits per heavy atom. The van der Waals surface area contributed by atoms with Crippen molar-refractivity contribution >= 4 is 5.91 Å². The molecular weight excluding hydrogens is 220 g/mol. The van der Waals surface area contributed by atoms with Gasteiger partial charge in [0.1, 0.15) is 0 Å². The largest absolute Gasteiger partial charge is 0.394 e. The average molecular weight is 244 g/mol. The zero-order valence-corrected chi connectivity index (χ0v) is 10.7. The highest BCUT2D eigenvalue weighted by Crippen LogP contribution is 2.18. The smallest absolute Gasteiger partial charge is 0.223 e.